The molecule has 1 atom stereocenters. The molecular weight excluding hydrogens is 244 g/mol. The highest BCUT2D eigenvalue weighted by Crippen LogP contribution is 2.18. The fourth-order valence-electron chi connectivity index (χ4n) is 2.86. The lowest BCUT2D eigenvalue weighted by Crippen LogP contribution is -2.45. The van der Waals surface area contributed by atoms with Gasteiger partial charge in [0.25, 0.3) is 0 Å². The number of rotatable bonds is 5. The Kier molecular flexibility index (Phi) is 5.62. The smallest absolute Gasteiger partial charge is 0.0234 e. The molecule has 0 bridgehead atoms. The predicted octanol–water partition coefficient (Wildman–Crippen LogP) is 3.68. The number of hydrogen-bond donors (Lipinski definition) is 1. The van der Waals surface area contributed by atoms with Gasteiger partial charge in [0.05, 0.1) is 0 Å². The maximum Gasteiger partial charge on any atom is 0.0234 e. The minimum absolute atomic E-state index is 0.436. The molecule has 1 N–H and O–H groups in total. The van der Waals surface area contributed by atoms with Gasteiger partial charge in [-0.15, -0.1) is 0 Å². The molecule has 1 aliphatic rings. The Balaban J connectivity index is 1.74. The van der Waals surface area contributed by atoms with Gasteiger partial charge in [0.15, 0.2) is 0 Å². The van der Waals surface area contributed by atoms with E-state index in [2.05, 4.69) is 61.3 Å². The van der Waals surface area contributed by atoms with Gasteiger partial charge in [-0.05, 0) is 43.3 Å². The standard InChI is InChI=1S/C18H30N2/c1-18(2,3)11-12-19-17-10-7-13-20(15-17)14-16-8-5-4-6-9-16/h4-6,8-9,17,19H,7,10-15H2,1-3H3. The summed E-state index contributed by atoms with van der Waals surface area (Å²) >= 11 is 0. The summed E-state index contributed by atoms with van der Waals surface area (Å²) in [5.41, 5.74) is 1.87. The first kappa shape index (κ1) is 15.5. The molecule has 1 aliphatic heterocycles. The van der Waals surface area contributed by atoms with Crippen molar-refractivity contribution in [2.24, 2.45) is 5.41 Å². The van der Waals surface area contributed by atoms with Gasteiger partial charge in [-0.25, -0.2) is 0 Å². The number of hydrogen-bond acceptors (Lipinski definition) is 2. The summed E-state index contributed by atoms with van der Waals surface area (Å²) in [6.45, 7) is 11.6. The molecule has 2 rings (SSSR count). The second-order valence-electron chi connectivity index (χ2n) is 7.32. The summed E-state index contributed by atoms with van der Waals surface area (Å²) in [5.74, 6) is 0. The molecule has 0 amide bonds. The summed E-state index contributed by atoms with van der Waals surface area (Å²) in [7, 11) is 0. The zero-order chi connectivity index (χ0) is 14.4. The highest BCUT2D eigenvalue weighted by molar-refractivity contribution is 5.14. The highest BCUT2D eigenvalue weighted by atomic mass is 15.2. The molecule has 1 aromatic rings. The molecule has 1 aromatic carbocycles. The molecule has 1 fully saturated rings. The second-order valence-corrected chi connectivity index (χ2v) is 7.32. The van der Waals surface area contributed by atoms with E-state index in [0.717, 1.165) is 13.1 Å². The van der Waals surface area contributed by atoms with Crippen LogP contribution in [0.25, 0.3) is 0 Å². The van der Waals surface area contributed by atoms with E-state index in [-0.39, 0.29) is 0 Å². The number of benzene rings is 1. The lowest BCUT2D eigenvalue weighted by atomic mass is 9.92. The van der Waals surface area contributed by atoms with Crippen LogP contribution >= 0.6 is 0 Å². The van der Waals surface area contributed by atoms with Crippen molar-refractivity contribution in [3.8, 4) is 0 Å². The van der Waals surface area contributed by atoms with E-state index in [1.54, 1.807) is 0 Å². The van der Waals surface area contributed by atoms with Crippen LogP contribution in [0.5, 0.6) is 0 Å². The van der Waals surface area contributed by atoms with Crippen LogP contribution < -0.4 is 5.32 Å². The molecule has 112 valence electrons. The topological polar surface area (TPSA) is 15.3 Å². The first-order valence-corrected chi connectivity index (χ1v) is 8.03. The van der Waals surface area contributed by atoms with E-state index in [1.165, 1.54) is 37.9 Å². The van der Waals surface area contributed by atoms with Gasteiger partial charge in [0.1, 0.15) is 0 Å². The van der Waals surface area contributed by atoms with E-state index >= 15 is 0 Å². The van der Waals surface area contributed by atoms with Crippen molar-refractivity contribution in [1.82, 2.24) is 10.2 Å². The first-order valence-electron chi connectivity index (χ1n) is 8.03. The van der Waals surface area contributed by atoms with Crippen LogP contribution in [-0.2, 0) is 6.54 Å². The van der Waals surface area contributed by atoms with Crippen LogP contribution in [0.2, 0.25) is 0 Å². The lowest BCUT2D eigenvalue weighted by molar-refractivity contribution is 0.180. The average molecular weight is 274 g/mol. The Morgan fingerprint density at radius 3 is 2.65 bits per heavy atom. The Morgan fingerprint density at radius 1 is 1.20 bits per heavy atom. The van der Waals surface area contributed by atoms with Crippen molar-refractivity contribution in [2.45, 2.75) is 52.6 Å². The van der Waals surface area contributed by atoms with Gasteiger partial charge < -0.3 is 5.32 Å². The van der Waals surface area contributed by atoms with E-state index in [9.17, 15) is 0 Å². The van der Waals surface area contributed by atoms with E-state index < -0.39 is 0 Å². The lowest BCUT2D eigenvalue weighted by Gasteiger charge is -2.34. The summed E-state index contributed by atoms with van der Waals surface area (Å²) in [6, 6.07) is 11.5. The van der Waals surface area contributed by atoms with Crippen molar-refractivity contribution in [3.63, 3.8) is 0 Å². The first-order chi connectivity index (χ1) is 9.53. The molecule has 2 nitrogen and oxygen atoms in total. The van der Waals surface area contributed by atoms with Gasteiger partial charge in [0, 0.05) is 19.1 Å². The average Bonchev–Trinajstić information content (AvgIpc) is 2.39. The van der Waals surface area contributed by atoms with Gasteiger partial charge in [0.2, 0.25) is 0 Å². The molecule has 0 aromatic heterocycles. The molecular formula is C18H30N2. The summed E-state index contributed by atoms with van der Waals surface area (Å²) in [6.07, 6.45) is 3.90. The highest BCUT2D eigenvalue weighted by Gasteiger charge is 2.20. The van der Waals surface area contributed by atoms with Gasteiger partial charge >= 0.3 is 0 Å². The largest absolute Gasteiger partial charge is 0.313 e. The fourth-order valence-corrected chi connectivity index (χ4v) is 2.86. The molecule has 0 spiro atoms. The molecule has 20 heavy (non-hydrogen) atoms. The monoisotopic (exact) mass is 274 g/mol. The Morgan fingerprint density at radius 2 is 1.95 bits per heavy atom. The Hall–Kier alpha value is -0.860. The zero-order valence-corrected chi connectivity index (χ0v) is 13.4. The van der Waals surface area contributed by atoms with Crippen molar-refractivity contribution >= 4 is 0 Å². The number of nitrogens with zero attached hydrogens (tertiary/aromatic N) is 1. The fraction of sp³-hybridized carbons (Fsp3) is 0.667. The molecule has 0 aliphatic carbocycles. The van der Waals surface area contributed by atoms with Gasteiger partial charge in [-0.3, -0.25) is 4.90 Å². The van der Waals surface area contributed by atoms with Crippen LogP contribution in [0.4, 0.5) is 0 Å². The third-order valence-corrected chi connectivity index (χ3v) is 4.06. The third kappa shape index (κ3) is 5.64. The molecule has 1 unspecified atom stereocenters. The number of likely N-dealkylation sites (tertiary alicyclic amines) is 1. The van der Waals surface area contributed by atoms with E-state index in [0.29, 0.717) is 11.5 Å². The molecule has 0 radical (unpaired) electrons. The van der Waals surface area contributed by atoms with Gasteiger partial charge in [-0.1, -0.05) is 51.1 Å². The summed E-state index contributed by atoms with van der Waals surface area (Å²) < 4.78 is 0. The van der Waals surface area contributed by atoms with Crippen LogP contribution in [0.3, 0.4) is 0 Å². The molecule has 1 heterocycles. The zero-order valence-electron chi connectivity index (χ0n) is 13.4. The maximum atomic E-state index is 3.75. The van der Waals surface area contributed by atoms with Crippen LogP contribution in [-0.4, -0.2) is 30.6 Å². The van der Waals surface area contributed by atoms with Crippen molar-refractivity contribution in [3.05, 3.63) is 35.9 Å². The minimum atomic E-state index is 0.436. The SMILES string of the molecule is CC(C)(C)CCNC1CCCN(Cc2ccccc2)C1. The van der Waals surface area contributed by atoms with Crippen molar-refractivity contribution in [1.29, 1.82) is 0 Å². The molecule has 2 heteroatoms. The predicted molar refractivity (Wildman–Crippen MR) is 86.8 cm³/mol. The Labute approximate surface area is 124 Å². The second kappa shape index (κ2) is 7.24. The van der Waals surface area contributed by atoms with Gasteiger partial charge in [-0.2, -0.15) is 0 Å². The van der Waals surface area contributed by atoms with Crippen molar-refractivity contribution < 1.29 is 0 Å². The Bertz CT molecular complexity index is 380. The third-order valence-electron chi connectivity index (χ3n) is 4.06. The minimum Gasteiger partial charge on any atom is -0.313 e. The number of nitrogens with one attached hydrogen (secondary N) is 1. The van der Waals surface area contributed by atoms with Crippen LogP contribution in [0, 0.1) is 5.41 Å². The van der Waals surface area contributed by atoms with Crippen molar-refractivity contribution in [2.75, 3.05) is 19.6 Å². The maximum absolute atomic E-state index is 3.75. The quantitative estimate of drug-likeness (QED) is 0.881. The summed E-state index contributed by atoms with van der Waals surface area (Å²) in [4.78, 5) is 2.59. The normalized spacial score (nSPS) is 21.1. The molecule has 1 saturated heterocycles. The van der Waals surface area contributed by atoms with E-state index in [1.807, 2.05) is 0 Å². The van der Waals surface area contributed by atoms with Crippen LogP contribution in [0.15, 0.2) is 30.3 Å². The van der Waals surface area contributed by atoms with E-state index in [4.69, 9.17) is 0 Å². The summed E-state index contributed by atoms with van der Waals surface area (Å²) in [5, 5.41) is 3.75. The number of piperidine rings is 1. The van der Waals surface area contributed by atoms with Crippen LogP contribution in [0.1, 0.15) is 45.6 Å². The molecule has 0 saturated carbocycles.